The smallest absolute Gasteiger partial charge is 0.146 e. The number of nitrogens with two attached hydrogens (primary N) is 1. The third kappa shape index (κ3) is 3.20. The van der Waals surface area contributed by atoms with E-state index in [1.807, 2.05) is 6.07 Å². The first kappa shape index (κ1) is 15.2. The third-order valence-electron chi connectivity index (χ3n) is 4.12. The number of aromatic nitrogens is 2. The second-order valence-electron chi connectivity index (χ2n) is 5.53. The molecule has 0 spiro atoms. The van der Waals surface area contributed by atoms with Crippen LogP contribution >= 0.6 is 11.6 Å². The van der Waals surface area contributed by atoms with E-state index in [0.29, 0.717) is 22.8 Å². The van der Waals surface area contributed by atoms with E-state index in [1.54, 1.807) is 18.2 Å². The van der Waals surface area contributed by atoms with Crippen molar-refractivity contribution in [3.8, 4) is 0 Å². The van der Waals surface area contributed by atoms with Crippen LogP contribution in [0, 0.1) is 5.82 Å². The highest BCUT2D eigenvalue weighted by molar-refractivity contribution is 6.31. The number of likely N-dealkylation sites (tertiary alicyclic amines) is 1. The van der Waals surface area contributed by atoms with E-state index >= 15 is 0 Å². The molecule has 1 aliphatic heterocycles. The van der Waals surface area contributed by atoms with Crippen molar-refractivity contribution in [1.82, 2.24) is 15.1 Å². The Hall–Kier alpha value is -1.72. The van der Waals surface area contributed by atoms with E-state index in [4.69, 9.17) is 17.3 Å². The summed E-state index contributed by atoms with van der Waals surface area (Å²) in [5.74, 6) is 0.182. The second kappa shape index (κ2) is 6.58. The molecule has 1 aromatic carbocycles. The molecule has 1 fully saturated rings. The summed E-state index contributed by atoms with van der Waals surface area (Å²) in [5, 5.41) is 8.60. The van der Waals surface area contributed by atoms with E-state index in [9.17, 15) is 4.39 Å². The van der Waals surface area contributed by atoms with Gasteiger partial charge in [-0.3, -0.25) is 4.90 Å². The number of rotatable bonds is 4. The standard InChI is InChI=1S/C16H18ClFN4/c17-12-3-1-4-13(18)11(12)8-10-22-9-2-5-15(22)14-6-7-16(19)21-20-14/h1,3-4,6-7,15H,2,5,8-10H2,(H2,19,21). The number of hydrogen-bond acceptors (Lipinski definition) is 4. The largest absolute Gasteiger partial charge is 0.382 e. The zero-order valence-electron chi connectivity index (χ0n) is 12.2. The molecule has 0 saturated carbocycles. The molecule has 1 atom stereocenters. The number of anilines is 1. The molecule has 3 rings (SSSR count). The molecule has 1 aromatic heterocycles. The van der Waals surface area contributed by atoms with Gasteiger partial charge in [0.2, 0.25) is 0 Å². The fourth-order valence-electron chi connectivity index (χ4n) is 2.99. The Morgan fingerprint density at radius 2 is 2.14 bits per heavy atom. The number of benzene rings is 1. The summed E-state index contributed by atoms with van der Waals surface area (Å²) < 4.78 is 13.8. The van der Waals surface area contributed by atoms with Crippen LogP contribution in [0.1, 0.15) is 30.1 Å². The first-order chi connectivity index (χ1) is 10.6. The van der Waals surface area contributed by atoms with E-state index in [-0.39, 0.29) is 11.9 Å². The highest BCUT2D eigenvalue weighted by Gasteiger charge is 2.27. The van der Waals surface area contributed by atoms with Crippen LogP contribution in [0.15, 0.2) is 30.3 Å². The first-order valence-electron chi connectivity index (χ1n) is 7.41. The first-order valence-corrected chi connectivity index (χ1v) is 7.79. The fraction of sp³-hybridized carbons (Fsp3) is 0.375. The molecule has 0 amide bonds. The van der Waals surface area contributed by atoms with Crippen LogP contribution in [0.3, 0.4) is 0 Å². The van der Waals surface area contributed by atoms with Crippen LogP contribution in [0.2, 0.25) is 5.02 Å². The molecule has 2 heterocycles. The average Bonchev–Trinajstić information content (AvgIpc) is 2.96. The monoisotopic (exact) mass is 320 g/mol. The molecule has 0 bridgehead atoms. The number of nitrogen functional groups attached to an aromatic ring is 1. The normalized spacial score (nSPS) is 18.7. The predicted octanol–water partition coefficient (Wildman–Crippen LogP) is 3.23. The van der Waals surface area contributed by atoms with E-state index in [2.05, 4.69) is 15.1 Å². The molecule has 1 aliphatic rings. The van der Waals surface area contributed by atoms with Crippen LogP contribution in [-0.2, 0) is 6.42 Å². The highest BCUT2D eigenvalue weighted by Crippen LogP contribution is 2.31. The van der Waals surface area contributed by atoms with Crippen LogP contribution < -0.4 is 5.73 Å². The lowest BCUT2D eigenvalue weighted by Crippen LogP contribution is -2.26. The van der Waals surface area contributed by atoms with Crippen molar-refractivity contribution >= 4 is 17.4 Å². The molecular formula is C16H18ClFN4. The molecule has 2 N–H and O–H groups in total. The maximum atomic E-state index is 13.8. The predicted molar refractivity (Wildman–Crippen MR) is 85.1 cm³/mol. The van der Waals surface area contributed by atoms with Crippen molar-refractivity contribution < 1.29 is 4.39 Å². The van der Waals surface area contributed by atoms with Gasteiger partial charge in [0.25, 0.3) is 0 Å². The topological polar surface area (TPSA) is 55.0 Å². The maximum Gasteiger partial charge on any atom is 0.146 e. The molecule has 1 saturated heterocycles. The molecule has 4 nitrogen and oxygen atoms in total. The van der Waals surface area contributed by atoms with Gasteiger partial charge in [-0.25, -0.2) is 4.39 Å². The van der Waals surface area contributed by atoms with Crippen molar-refractivity contribution in [3.63, 3.8) is 0 Å². The molecule has 116 valence electrons. The molecule has 0 aliphatic carbocycles. The summed E-state index contributed by atoms with van der Waals surface area (Å²) in [7, 11) is 0. The summed E-state index contributed by atoms with van der Waals surface area (Å²) in [6.45, 7) is 1.72. The lowest BCUT2D eigenvalue weighted by atomic mass is 10.1. The van der Waals surface area contributed by atoms with Crippen molar-refractivity contribution in [2.75, 3.05) is 18.8 Å². The molecular weight excluding hydrogens is 303 g/mol. The summed E-state index contributed by atoms with van der Waals surface area (Å²) in [6.07, 6.45) is 2.72. The average molecular weight is 321 g/mol. The SMILES string of the molecule is Nc1ccc(C2CCCN2CCc2c(F)cccc2Cl)nn1. The van der Waals surface area contributed by atoms with Crippen molar-refractivity contribution in [2.45, 2.75) is 25.3 Å². The van der Waals surface area contributed by atoms with Gasteiger partial charge in [-0.1, -0.05) is 17.7 Å². The van der Waals surface area contributed by atoms with Gasteiger partial charge in [0.15, 0.2) is 0 Å². The summed E-state index contributed by atoms with van der Waals surface area (Å²) in [4.78, 5) is 2.31. The maximum absolute atomic E-state index is 13.8. The van der Waals surface area contributed by atoms with Gasteiger partial charge in [-0.05, 0) is 50.1 Å². The van der Waals surface area contributed by atoms with Crippen molar-refractivity contribution in [3.05, 3.63) is 52.4 Å². The Balaban J connectivity index is 1.70. The van der Waals surface area contributed by atoms with Gasteiger partial charge in [-0.15, -0.1) is 5.10 Å². The fourth-order valence-corrected chi connectivity index (χ4v) is 3.24. The molecule has 2 aromatic rings. The Labute approximate surface area is 134 Å². The van der Waals surface area contributed by atoms with Crippen molar-refractivity contribution in [2.24, 2.45) is 0 Å². The van der Waals surface area contributed by atoms with Crippen LogP contribution in [0.5, 0.6) is 0 Å². The van der Waals surface area contributed by atoms with Gasteiger partial charge in [-0.2, -0.15) is 5.10 Å². The van der Waals surface area contributed by atoms with Crippen LogP contribution in [0.25, 0.3) is 0 Å². The Morgan fingerprint density at radius 1 is 1.27 bits per heavy atom. The number of nitrogens with zero attached hydrogens (tertiary/aromatic N) is 3. The van der Waals surface area contributed by atoms with Gasteiger partial charge in [0.05, 0.1) is 11.7 Å². The molecule has 6 heteroatoms. The molecule has 22 heavy (non-hydrogen) atoms. The minimum atomic E-state index is -0.240. The third-order valence-corrected chi connectivity index (χ3v) is 4.48. The van der Waals surface area contributed by atoms with Crippen molar-refractivity contribution in [1.29, 1.82) is 0 Å². The summed E-state index contributed by atoms with van der Waals surface area (Å²) in [5.41, 5.74) is 7.09. The second-order valence-corrected chi connectivity index (χ2v) is 5.93. The lowest BCUT2D eigenvalue weighted by molar-refractivity contribution is 0.254. The van der Waals surface area contributed by atoms with Gasteiger partial charge in [0, 0.05) is 17.1 Å². The molecule has 1 unspecified atom stereocenters. The summed E-state index contributed by atoms with van der Waals surface area (Å²) >= 11 is 6.09. The zero-order valence-corrected chi connectivity index (χ0v) is 12.9. The quantitative estimate of drug-likeness (QED) is 0.939. The lowest BCUT2D eigenvalue weighted by Gasteiger charge is -2.24. The Bertz CT molecular complexity index is 627. The molecule has 0 radical (unpaired) electrons. The zero-order chi connectivity index (χ0) is 15.5. The minimum absolute atomic E-state index is 0.221. The van der Waals surface area contributed by atoms with Gasteiger partial charge in [0.1, 0.15) is 11.6 Å². The Morgan fingerprint density at radius 3 is 2.86 bits per heavy atom. The minimum Gasteiger partial charge on any atom is -0.382 e. The van der Waals surface area contributed by atoms with E-state index in [0.717, 1.165) is 31.6 Å². The van der Waals surface area contributed by atoms with Crippen LogP contribution in [-0.4, -0.2) is 28.2 Å². The van der Waals surface area contributed by atoms with Crippen LogP contribution in [0.4, 0.5) is 10.2 Å². The van der Waals surface area contributed by atoms with Gasteiger partial charge >= 0.3 is 0 Å². The number of halogens is 2. The van der Waals surface area contributed by atoms with Gasteiger partial charge < -0.3 is 5.73 Å². The van der Waals surface area contributed by atoms with E-state index in [1.165, 1.54) is 6.07 Å². The Kier molecular flexibility index (Phi) is 4.55. The highest BCUT2D eigenvalue weighted by atomic mass is 35.5. The summed E-state index contributed by atoms with van der Waals surface area (Å²) in [6, 6.07) is 8.72. The van der Waals surface area contributed by atoms with E-state index < -0.39 is 0 Å². The number of hydrogen-bond donors (Lipinski definition) is 1.